The van der Waals surface area contributed by atoms with Crippen LogP contribution in [0.25, 0.3) is 0 Å². The number of benzene rings is 1. The number of hydrogen-bond donors (Lipinski definition) is 2. The Morgan fingerprint density at radius 1 is 1.06 bits per heavy atom. The highest BCUT2D eigenvalue weighted by atomic mass is 16.3. The summed E-state index contributed by atoms with van der Waals surface area (Å²) < 4.78 is 0. The number of aliphatic hydroxyl groups is 1. The van der Waals surface area contributed by atoms with Crippen LogP contribution in [0, 0.1) is 11.8 Å². The van der Waals surface area contributed by atoms with Gasteiger partial charge in [0.05, 0.1) is 6.10 Å². The van der Waals surface area contributed by atoms with Crippen LogP contribution in [0.4, 0.5) is 0 Å². The van der Waals surface area contributed by atoms with Crippen LogP contribution in [0.2, 0.25) is 0 Å². The molecule has 1 rings (SSSR count). The van der Waals surface area contributed by atoms with Crippen molar-refractivity contribution in [1.29, 1.82) is 0 Å². The van der Waals surface area contributed by atoms with Crippen LogP contribution in [0.5, 0.6) is 0 Å². The van der Waals surface area contributed by atoms with Crippen molar-refractivity contribution in [2.75, 3.05) is 6.54 Å². The summed E-state index contributed by atoms with van der Waals surface area (Å²) >= 11 is 0. The Hall–Kier alpha value is -0.860. The van der Waals surface area contributed by atoms with Gasteiger partial charge in [0.15, 0.2) is 0 Å². The van der Waals surface area contributed by atoms with E-state index in [1.807, 2.05) is 30.3 Å². The van der Waals surface area contributed by atoms with Crippen LogP contribution in [0.3, 0.4) is 0 Å². The first-order valence-corrected chi connectivity index (χ1v) is 6.48. The Morgan fingerprint density at radius 3 is 2.12 bits per heavy atom. The van der Waals surface area contributed by atoms with Gasteiger partial charge in [-0.3, -0.25) is 0 Å². The highest BCUT2D eigenvalue weighted by Gasteiger charge is 2.23. The number of nitrogens with one attached hydrogen (secondary N) is 1. The zero-order valence-electron chi connectivity index (χ0n) is 11.4. The largest absolute Gasteiger partial charge is 0.387 e. The van der Waals surface area contributed by atoms with Crippen molar-refractivity contribution >= 4 is 0 Å². The molecule has 0 aromatic heterocycles. The molecule has 2 N–H and O–H groups in total. The van der Waals surface area contributed by atoms with E-state index in [1.54, 1.807) is 0 Å². The van der Waals surface area contributed by atoms with Gasteiger partial charge in [-0.2, -0.15) is 0 Å². The van der Waals surface area contributed by atoms with Crippen molar-refractivity contribution < 1.29 is 5.11 Å². The zero-order chi connectivity index (χ0) is 12.8. The second kappa shape index (κ2) is 6.77. The minimum Gasteiger partial charge on any atom is -0.387 e. The van der Waals surface area contributed by atoms with Gasteiger partial charge in [-0.25, -0.2) is 0 Å². The van der Waals surface area contributed by atoms with Gasteiger partial charge < -0.3 is 10.4 Å². The van der Waals surface area contributed by atoms with E-state index in [-0.39, 0.29) is 6.04 Å². The summed E-state index contributed by atoms with van der Waals surface area (Å²) in [4.78, 5) is 0. The maximum absolute atomic E-state index is 10.4. The molecule has 0 fully saturated rings. The van der Waals surface area contributed by atoms with Gasteiger partial charge in [0.25, 0.3) is 0 Å². The molecule has 2 heteroatoms. The normalized spacial score (nSPS) is 15.2. The molecule has 0 bridgehead atoms. The van der Waals surface area contributed by atoms with E-state index >= 15 is 0 Å². The molecule has 1 aromatic rings. The van der Waals surface area contributed by atoms with Gasteiger partial charge in [-0.05, 0) is 23.9 Å². The topological polar surface area (TPSA) is 32.3 Å². The average Bonchev–Trinajstić information content (AvgIpc) is 2.29. The maximum Gasteiger partial charge on any atom is 0.0945 e. The molecule has 0 saturated carbocycles. The van der Waals surface area contributed by atoms with Crippen molar-refractivity contribution in [3.05, 3.63) is 35.9 Å². The molecule has 0 aliphatic heterocycles. The van der Waals surface area contributed by atoms with Crippen LogP contribution in [0.15, 0.2) is 30.3 Å². The predicted molar refractivity (Wildman–Crippen MR) is 72.9 cm³/mol. The lowest BCUT2D eigenvalue weighted by atomic mass is 9.93. The molecule has 0 spiro atoms. The molecule has 0 radical (unpaired) electrons. The van der Waals surface area contributed by atoms with E-state index < -0.39 is 6.10 Å². The Morgan fingerprint density at radius 2 is 1.65 bits per heavy atom. The molecular weight excluding hydrogens is 210 g/mol. The van der Waals surface area contributed by atoms with Crippen molar-refractivity contribution in [3.63, 3.8) is 0 Å². The first kappa shape index (κ1) is 14.2. The van der Waals surface area contributed by atoms with Crippen molar-refractivity contribution in [2.24, 2.45) is 11.8 Å². The maximum atomic E-state index is 10.4. The first-order chi connectivity index (χ1) is 8.02. The van der Waals surface area contributed by atoms with Crippen LogP contribution in [0.1, 0.15) is 39.4 Å². The SMILES string of the molecule is CC(C)CNC(C(C)C)C(O)c1ccccc1. The van der Waals surface area contributed by atoms with E-state index in [9.17, 15) is 5.11 Å². The number of aliphatic hydroxyl groups excluding tert-OH is 1. The molecule has 0 heterocycles. The van der Waals surface area contributed by atoms with E-state index in [0.29, 0.717) is 11.8 Å². The smallest absolute Gasteiger partial charge is 0.0945 e. The molecule has 0 aliphatic rings. The number of hydrogen-bond acceptors (Lipinski definition) is 2. The molecule has 2 unspecified atom stereocenters. The fourth-order valence-electron chi connectivity index (χ4n) is 1.94. The lowest BCUT2D eigenvalue weighted by Crippen LogP contribution is -2.41. The summed E-state index contributed by atoms with van der Waals surface area (Å²) in [5.41, 5.74) is 0.988. The van der Waals surface area contributed by atoms with Gasteiger partial charge in [-0.1, -0.05) is 58.0 Å². The summed E-state index contributed by atoms with van der Waals surface area (Å²) in [6, 6.07) is 9.99. The van der Waals surface area contributed by atoms with Crippen LogP contribution in [-0.2, 0) is 0 Å². The summed E-state index contributed by atoms with van der Waals surface area (Å²) in [5, 5.41) is 13.9. The van der Waals surface area contributed by atoms with Gasteiger partial charge in [0.1, 0.15) is 0 Å². The van der Waals surface area contributed by atoms with Crippen molar-refractivity contribution in [1.82, 2.24) is 5.32 Å². The zero-order valence-corrected chi connectivity index (χ0v) is 11.4. The van der Waals surface area contributed by atoms with Gasteiger partial charge in [0.2, 0.25) is 0 Å². The Balaban J connectivity index is 2.70. The molecule has 1 aromatic carbocycles. The lowest BCUT2D eigenvalue weighted by Gasteiger charge is -2.28. The first-order valence-electron chi connectivity index (χ1n) is 6.48. The minimum atomic E-state index is -0.435. The Bertz CT molecular complexity index is 308. The Kier molecular flexibility index (Phi) is 5.66. The highest BCUT2D eigenvalue weighted by molar-refractivity contribution is 5.19. The average molecular weight is 235 g/mol. The third-order valence-electron chi connectivity index (χ3n) is 2.96. The van der Waals surface area contributed by atoms with E-state index in [0.717, 1.165) is 12.1 Å². The monoisotopic (exact) mass is 235 g/mol. The second-order valence-corrected chi connectivity index (χ2v) is 5.43. The van der Waals surface area contributed by atoms with E-state index in [4.69, 9.17) is 0 Å². The molecule has 0 aliphatic carbocycles. The molecule has 96 valence electrons. The standard InChI is InChI=1S/C15H25NO/c1-11(2)10-16-14(12(3)4)15(17)13-8-6-5-7-9-13/h5-9,11-12,14-17H,10H2,1-4H3. The van der Waals surface area contributed by atoms with Crippen molar-refractivity contribution in [2.45, 2.75) is 39.8 Å². The molecule has 0 saturated heterocycles. The lowest BCUT2D eigenvalue weighted by molar-refractivity contribution is 0.103. The summed E-state index contributed by atoms with van der Waals surface area (Å²) in [6.45, 7) is 9.58. The third kappa shape index (κ3) is 4.49. The van der Waals surface area contributed by atoms with Crippen LogP contribution in [-0.4, -0.2) is 17.7 Å². The molecule has 17 heavy (non-hydrogen) atoms. The Labute approximate surface area is 105 Å². The summed E-state index contributed by atoms with van der Waals surface area (Å²) in [7, 11) is 0. The van der Waals surface area contributed by atoms with Crippen LogP contribution >= 0.6 is 0 Å². The van der Waals surface area contributed by atoms with E-state index in [2.05, 4.69) is 33.0 Å². The fourth-order valence-corrected chi connectivity index (χ4v) is 1.94. The van der Waals surface area contributed by atoms with Crippen LogP contribution < -0.4 is 5.32 Å². The quantitative estimate of drug-likeness (QED) is 0.794. The predicted octanol–water partition coefficient (Wildman–Crippen LogP) is 2.99. The minimum absolute atomic E-state index is 0.111. The third-order valence-corrected chi connectivity index (χ3v) is 2.96. The summed E-state index contributed by atoms with van der Waals surface area (Å²) in [5.74, 6) is 1.00. The van der Waals surface area contributed by atoms with Gasteiger partial charge >= 0.3 is 0 Å². The van der Waals surface area contributed by atoms with Crippen molar-refractivity contribution in [3.8, 4) is 0 Å². The fraction of sp³-hybridized carbons (Fsp3) is 0.600. The highest BCUT2D eigenvalue weighted by Crippen LogP contribution is 2.21. The van der Waals surface area contributed by atoms with E-state index in [1.165, 1.54) is 0 Å². The second-order valence-electron chi connectivity index (χ2n) is 5.43. The molecule has 2 nitrogen and oxygen atoms in total. The number of rotatable bonds is 6. The van der Waals surface area contributed by atoms with Gasteiger partial charge in [0, 0.05) is 6.04 Å². The van der Waals surface area contributed by atoms with Gasteiger partial charge in [-0.15, -0.1) is 0 Å². The molecular formula is C15H25NO. The molecule has 2 atom stereocenters. The molecule has 0 amide bonds. The summed E-state index contributed by atoms with van der Waals surface area (Å²) in [6.07, 6.45) is -0.435.